The number of nitrogens with zero attached hydrogens (tertiary/aromatic N) is 4. The molecule has 0 bridgehead atoms. The molecule has 2 aliphatic rings. The van der Waals surface area contributed by atoms with E-state index in [-0.39, 0.29) is 12.7 Å². The number of ether oxygens (including phenoxy) is 2. The molecule has 0 atom stereocenters. The van der Waals surface area contributed by atoms with Crippen LogP contribution in [-0.4, -0.2) is 64.8 Å². The van der Waals surface area contributed by atoms with Crippen molar-refractivity contribution in [1.29, 1.82) is 0 Å². The molecule has 1 aromatic heterocycles. The molecule has 8 nitrogen and oxygen atoms in total. The number of amides is 1. The van der Waals surface area contributed by atoms with E-state index >= 15 is 0 Å². The molecule has 6 rings (SSSR count). The average Bonchev–Trinajstić information content (AvgIpc) is 3.50. The molecule has 3 heterocycles. The number of para-hydroxylation sites is 2. The van der Waals surface area contributed by atoms with E-state index in [0.717, 1.165) is 61.8 Å². The molecule has 0 saturated carbocycles. The third kappa shape index (κ3) is 4.91. The van der Waals surface area contributed by atoms with Crippen molar-refractivity contribution in [1.82, 2.24) is 19.4 Å². The third-order valence-corrected chi connectivity index (χ3v) is 6.77. The molecule has 1 amide bonds. The van der Waals surface area contributed by atoms with Crippen molar-refractivity contribution in [2.75, 3.05) is 44.8 Å². The molecule has 0 spiro atoms. The van der Waals surface area contributed by atoms with Gasteiger partial charge in [-0.3, -0.25) is 14.6 Å². The van der Waals surface area contributed by atoms with E-state index in [1.165, 1.54) is 5.56 Å². The molecule has 1 N–H and O–H groups in total. The van der Waals surface area contributed by atoms with Crippen LogP contribution >= 0.6 is 0 Å². The Balaban J connectivity index is 1.06. The second-order valence-electron chi connectivity index (χ2n) is 9.26. The van der Waals surface area contributed by atoms with Crippen LogP contribution in [0, 0.1) is 0 Å². The van der Waals surface area contributed by atoms with Crippen molar-refractivity contribution in [3.63, 3.8) is 0 Å². The minimum atomic E-state index is -0.0213. The van der Waals surface area contributed by atoms with E-state index in [2.05, 4.69) is 62.1 Å². The largest absolute Gasteiger partial charge is 0.454 e. The highest BCUT2D eigenvalue weighted by Crippen LogP contribution is 2.34. The van der Waals surface area contributed by atoms with E-state index in [1.807, 2.05) is 24.3 Å². The number of carbonyl (C=O) groups is 1. The summed E-state index contributed by atoms with van der Waals surface area (Å²) in [4.78, 5) is 22.2. The second-order valence-corrected chi connectivity index (χ2v) is 9.26. The summed E-state index contributed by atoms with van der Waals surface area (Å²) in [6, 6.07) is 24.3. The van der Waals surface area contributed by atoms with E-state index in [0.29, 0.717) is 18.0 Å². The Labute approximate surface area is 210 Å². The van der Waals surface area contributed by atoms with E-state index < -0.39 is 0 Å². The van der Waals surface area contributed by atoms with Crippen LogP contribution in [0.3, 0.4) is 0 Å². The first kappa shape index (κ1) is 22.6. The summed E-state index contributed by atoms with van der Waals surface area (Å²) < 4.78 is 13.1. The summed E-state index contributed by atoms with van der Waals surface area (Å²) in [5.41, 5.74) is 4.18. The van der Waals surface area contributed by atoms with Gasteiger partial charge in [-0.15, -0.1) is 0 Å². The van der Waals surface area contributed by atoms with Crippen LogP contribution in [0.4, 0.5) is 5.69 Å². The monoisotopic (exact) mass is 483 g/mol. The minimum Gasteiger partial charge on any atom is -0.454 e. The normalized spacial score (nSPS) is 15.9. The maximum absolute atomic E-state index is 12.6. The molecule has 0 aliphatic carbocycles. The van der Waals surface area contributed by atoms with Crippen molar-refractivity contribution in [3.8, 4) is 11.5 Å². The fraction of sp³-hybridized carbons (Fsp3) is 0.286. The van der Waals surface area contributed by atoms with Gasteiger partial charge in [-0.2, -0.15) is 0 Å². The standard InChI is InChI=1S/C28H29N5O3/c34-28(29-22-10-11-25-26(16-22)36-20-35-25)19-32-14-12-31(13-15-32)18-27-30-23-8-4-5-9-24(23)33(27)17-21-6-2-1-3-7-21/h1-11,16H,12-15,17-20H2,(H,29,34). The Morgan fingerprint density at radius 2 is 1.58 bits per heavy atom. The summed E-state index contributed by atoms with van der Waals surface area (Å²) in [5.74, 6) is 2.43. The van der Waals surface area contributed by atoms with Crippen LogP contribution in [0.5, 0.6) is 11.5 Å². The van der Waals surface area contributed by atoms with Gasteiger partial charge in [0.05, 0.1) is 24.1 Å². The van der Waals surface area contributed by atoms with E-state index in [1.54, 1.807) is 6.07 Å². The molecule has 3 aromatic carbocycles. The van der Waals surface area contributed by atoms with E-state index in [9.17, 15) is 4.79 Å². The molecule has 184 valence electrons. The summed E-state index contributed by atoms with van der Waals surface area (Å²) in [5, 5.41) is 2.97. The summed E-state index contributed by atoms with van der Waals surface area (Å²) in [6.45, 7) is 5.66. The van der Waals surface area contributed by atoms with Gasteiger partial charge < -0.3 is 19.4 Å². The first-order chi connectivity index (χ1) is 17.7. The molecule has 8 heteroatoms. The first-order valence-corrected chi connectivity index (χ1v) is 12.3. The summed E-state index contributed by atoms with van der Waals surface area (Å²) in [7, 11) is 0. The molecule has 2 aliphatic heterocycles. The Morgan fingerprint density at radius 3 is 2.44 bits per heavy atom. The number of hydrogen-bond donors (Lipinski definition) is 1. The molecule has 36 heavy (non-hydrogen) atoms. The maximum atomic E-state index is 12.6. The number of nitrogens with one attached hydrogen (secondary N) is 1. The minimum absolute atomic E-state index is 0.0213. The molecular formula is C28H29N5O3. The number of hydrogen-bond acceptors (Lipinski definition) is 6. The zero-order chi connectivity index (χ0) is 24.3. The maximum Gasteiger partial charge on any atom is 0.238 e. The van der Waals surface area contributed by atoms with Crippen LogP contribution in [-0.2, 0) is 17.9 Å². The average molecular weight is 484 g/mol. The van der Waals surface area contributed by atoms with Gasteiger partial charge in [0.15, 0.2) is 11.5 Å². The Hall–Kier alpha value is -3.88. The Kier molecular flexibility index (Phi) is 6.27. The van der Waals surface area contributed by atoms with Crippen molar-refractivity contribution >= 4 is 22.6 Å². The molecule has 0 radical (unpaired) electrons. The topological polar surface area (TPSA) is 71.9 Å². The fourth-order valence-electron chi connectivity index (χ4n) is 4.87. The summed E-state index contributed by atoms with van der Waals surface area (Å²) in [6.07, 6.45) is 0. The number of aromatic nitrogens is 2. The number of carbonyl (C=O) groups excluding carboxylic acids is 1. The highest BCUT2D eigenvalue weighted by molar-refractivity contribution is 5.92. The predicted octanol–water partition coefficient (Wildman–Crippen LogP) is 3.57. The molecule has 1 fully saturated rings. The zero-order valence-corrected chi connectivity index (χ0v) is 20.1. The zero-order valence-electron chi connectivity index (χ0n) is 20.1. The number of piperazine rings is 1. The van der Waals surface area contributed by atoms with Crippen LogP contribution in [0.2, 0.25) is 0 Å². The second kappa shape index (κ2) is 10.0. The summed E-state index contributed by atoms with van der Waals surface area (Å²) >= 11 is 0. The molecular weight excluding hydrogens is 454 g/mol. The highest BCUT2D eigenvalue weighted by Gasteiger charge is 2.22. The van der Waals surface area contributed by atoms with Crippen LogP contribution < -0.4 is 14.8 Å². The predicted molar refractivity (Wildman–Crippen MR) is 138 cm³/mol. The lowest BCUT2D eigenvalue weighted by Gasteiger charge is -2.34. The van der Waals surface area contributed by atoms with Crippen molar-refractivity contribution < 1.29 is 14.3 Å². The lowest BCUT2D eigenvalue weighted by molar-refractivity contribution is -0.117. The lowest BCUT2D eigenvalue weighted by Crippen LogP contribution is -2.48. The van der Waals surface area contributed by atoms with Crippen molar-refractivity contribution in [2.45, 2.75) is 13.1 Å². The van der Waals surface area contributed by atoms with Crippen molar-refractivity contribution in [3.05, 3.63) is 84.2 Å². The fourth-order valence-corrected chi connectivity index (χ4v) is 4.87. The van der Waals surface area contributed by atoms with Gasteiger partial charge >= 0.3 is 0 Å². The lowest BCUT2D eigenvalue weighted by atomic mass is 10.2. The Morgan fingerprint density at radius 1 is 0.833 bits per heavy atom. The van der Waals surface area contributed by atoms with Gasteiger partial charge in [-0.1, -0.05) is 42.5 Å². The number of rotatable bonds is 7. The number of imidazole rings is 1. The number of fused-ring (bicyclic) bond motifs is 2. The van der Waals surface area contributed by atoms with Gasteiger partial charge in [0, 0.05) is 44.5 Å². The number of benzene rings is 3. The molecule has 1 saturated heterocycles. The van der Waals surface area contributed by atoms with Gasteiger partial charge in [0.2, 0.25) is 12.7 Å². The van der Waals surface area contributed by atoms with Crippen LogP contribution in [0.1, 0.15) is 11.4 Å². The van der Waals surface area contributed by atoms with Gasteiger partial charge in [-0.25, -0.2) is 4.98 Å². The SMILES string of the molecule is O=C(CN1CCN(Cc2nc3ccccc3n2Cc2ccccc2)CC1)Nc1ccc2c(c1)OCO2. The Bertz CT molecular complexity index is 1360. The van der Waals surface area contributed by atoms with Gasteiger partial charge in [-0.05, 0) is 29.8 Å². The quantitative estimate of drug-likeness (QED) is 0.433. The van der Waals surface area contributed by atoms with E-state index in [4.69, 9.17) is 14.5 Å². The third-order valence-electron chi connectivity index (χ3n) is 6.77. The smallest absolute Gasteiger partial charge is 0.238 e. The first-order valence-electron chi connectivity index (χ1n) is 12.3. The van der Waals surface area contributed by atoms with Gasteiger partial charge in [0.25, 0.3) is 0 Å². The highest BCUT2D eigenvalue weighted by atomic mass is 16.7. The van der Waals surface area contributed by atoms with Gasteiger partial charge in [0.1, 0.15) is 5.82 Å². The van der Waals surface area contributed by atoms with Crippen LogP contribution in [0.15, 0.2) is 72.8 Å². The van der Waals surface area contributed by atoms with Crippen molar-refractivity contribution in [2.24, 2.45) is 0 Å². The van der Waals surface area contributed by atoms with Crippen LogP contribution in [0.25, 0.3) is 11.0 Å². The molecule has 0 unspecified atom stereocenters. The molecule has 4 aromatic rings. The number of anilines is 1.